The second-order valence-electron chi connectivity index (χ2n) is 7.87. The minimum Gasteiger partial charge on any atom is -0.390 e. The number of nitrogens with one attached hydrogen (secondary N) is 1. The molecular weight excluding hydrogens is 248 g/mol. The Morgan fingerprint density at radius 3 is 2.20 bits per heavy atom. The third kappa shape index (κ3) is 4.71. The van der Waals surface area contributed by atoms with Crippen LogP contribution in [0, 0.1) is 5.41 Å². The van der Waals surface area contributed by atoms with E-state index in [2.05, 4.69) is 24.1 Å². The summed E-state index contributed by atoms with van der Waals surface area (Å²) in [6, 6.07) is 0.580. The van der Waals surface area contributed by atoms with Crippen LogP contribution < -0.4 is 5.32 Å². The molecule has 0 aromatic carbocycles. The van der Waals surface area contributed by atoms with Gasteiger partial charge in [0.05, 0.1) is 5.60 Å². The number of nitrogens with zero attached hydrogens (tertiary/aromatic N) is 1. The number of aliphatic hydroxyl groups is 1. The lowest BCUT2D eigenvalue weighted by Crippen LogP contribution is -2.50. The van der Waals surface area contributed by atoms with E-state index in [1.165, 1.54) is 38.6 Å². The molecule has 0 aromatic rings. The summed E-state index contributed by atoms with van der Waals surface area (Å²) in [5, 5.41) is 13.8. The van der Waals surface area contributed by atoms with E-state index in [1.54, 1.807) is 0 Å². The van der Waals surface area contributed by atoms with Crippen LogP contribution in [0.15, 0.2) is 0 Å². The van der Waals surface area contributed by atoms with Crippen molar-refractivity contribution in [2.45, 2.75) is 77.4 Å². The van der Waals surface area contributed by atoms with Crippen molar-refractivity contribution in [2.75, 3.05) is 26.2 Å². The third-order valence-electron chi connectivity index (χ3n) is 5.29. The fourth-order valence-electron chi connectivity index (χ4n) is 3.78. The Labute approximate surface area is 125 Å². The summed E-state index contributed by atoms with van der Waals surface area (Å²) >= 11 is 0. The molecule has 1 aliphatic heterocycles. The highest BCUT2D eigenvalue weighted by atomic mass is 16.3. The number of likely N-dealkylation sites (tertiary alicyclic amines) is 1. The van der Waals surface area contributed by atoms with Crippen LogP contribution in [0.4, 0.5) is 0 Å². The standard InChI is InChI=1S/C17H34N2O/c1-15(2)18-13-17(7-5-4-6-8-17)14-19-11-9-16(3,20)10-12-19/h15,18,20H,4-14H2,1-3H3. The molecule has 2 N–H and O–H groups in total. The van der Waals surface area contributed by atoms with Gasteiger partial charge in [0, 0.05) is 32.2 Å². The maximum absolute atomic E-state index is 10.1. The molecule has 1 saturated carbocycles. The molecule has 1 heterocycles. The molecule has 2 rings (SSSR count). The van der Waals surface area contributed by atoms with Crippen molar-refractivity contribution in [3.05, 3.63) is 0 Å². The summed E-state index contributed by atoms with van der Waals surface area (Å²) in [5.41, 5.74) is 0.0537. The Kier molecular flexibility index (Phi) is 5.49. The van der Waals surface area contributed by atoms with Crippen molar-refractivity contribution in [3.63, 3.8) is 0 Å². The summed E-state index contributed by atoms with van der Waals surface area (Å²) in [6.07, 6.45) is 8.81. The van der Waals surface area contributed by atoms with Gasteiger partial charge < -0.3 is 15.3 Å². The van der Waals surface area contributed by atoms with Gasteiger partial charge >= 0.3 is 0 Å². The van der Waals surface area contributed by atoms with Gasteiger partial charge in [0.2, 0.25) is 0 Å². The molecule has 1 saturated heterocycles. The van der Waals surface area contributed by atoms with Gasteiger partial charge in [0.1, 0.15) is 0 Å². The van der Waals surface area contributed by atoms with Crippen LogP contribution in [0.5, 0.6) is 0 Å². The zero-order chi connectivity index (χ0) is 14.6. The number of hydrogen-bond donors (Lipinski definition) is 2. The molecule has 0 radical (unpaired) electrons. The Morgan fingerprint density at radius 1 is 1.05 bits per heavy atom. The Balaban J connectivity index is 1.90. The van der Waals surface area contributed by atoms with Crippen molar-refractivity contribution >= 4 is 0 Å². The van der Waals surface area contributed by atoms with Crippen molar-refractivity contribution in [1.29, 1.82) is 0 Å². The minimum atomic E-state index is -0.424. The van der Waals surface area contributed by atoms with Gasteiger partial charge in [0.25, 0.3) is 0 Å². The Bertz CT molecular complexity index is 285. The van der Waals surface area contributed by atoms with Crippen LogP contribution in [-0.4, -0.2) is 47.8 Å². The number of piperidine rings is 1. The maximum Gasteiger partial charge on any atom is 0.0644 e. The third-order valence-corrected chi connectivity index (χ3v) is 5.29. The van der Waals surface area contributed by atoms with Crippen molar-refractivity contribution in [2.24, 2.45) is 5.41 Å². The van der Waals surface area contributed by atoms with Crippen LogP contribution in [0.25, 0.3) is 0 Å². The van der Waals surface area contributed by atoms with Gasteiger partial charge in [-0.25, -0.2) is 0 Å². The number of rotatable bonds is 5. The van der Waals surface area contributed by atoms with E-state index in [9.17, 15) is 5.11 Å². The Morgan fingerprint density at radius 2 is 1.65 bits per heavy atom. The summed E-state index contributed by atoms with van der Waals surface area (Å²) in [5.74, 6) is 0. The largest absolute Gasteiger partial charge is 0.390 e. The van der Waals surface area contributed by atoms with Crippen molar-refractivity contribution in [1.82, 2.24) is 10.2 Å². The zero-order valence-electron chi connectivity index (χ0n) is 13.7. The van der Waals surface area contributed by atoms with E-state index < -0.39 is 5.60 Å². The molecule has 2 fully saturated rings. The smallest absolute Gasteiger partial charge is 0.0644 e. The molecule has 2 aliphatic rings. The monoisotopic (exact) mass is 282 g/mol. The average molecular weight is 282 g/mol. The summed E-state index contributed by atoms with van der Waals surface area (Å²) in [6.45, 7) is 11.0. The van der Waals surface area contributed by atoms with Crippen molar-refractivity contribution in [3.8, 4) is 0 Å². The second-order valence-corrected chi connectivity index (χ2v) is 7.87. The molecule has 0 spiro atoms. The van der Waals surface area contributed by atoms with E-state index in [1.807, 2.05) is 6.92 Å². The van der Waals surface area contributed by atoms with Gasteiger partial charge in [0.15, 0.2) is 0 Å². The first kappa shape index (κ1) is 16.3. The average Bonchev–Trinajstić information content (AvgIpc) is 2.40. The first-order valence-corrected chi connectivity index (χ1v) is 8.59. The predicted octanol–water partition coefficient (Wildman–Crippen LogP) is 2.78. The maximum atomic E-state index is 10.1. The van der Waals surface area contributed by atoms with E-state index in [4.69, 9.17) is 0 Å². The quantitative estimate of drug-likeness (QED) is 0.814. The van der Waals surface area contributed by atoms with Crippen LogP contribution in [0.1, 0.15) is 65.7 Å². The molecule has 0 bridgehead atoms. The first-order valence-electron chi connectivity index (χ1n) is 8.59. The summed E-state index contributed by atoms with van der Waals surface area (Å²) in [4.78, 5) is 2.60. The normalized spacial score (nSPS) is 26.9. The molecular formula is C17H34N2O. The van der Waals surface area contributed by atoms with Crippen LogP contribution >= 0.6 is 0 Å². The van der Waals surface area contributed by atoms with E-state index >= 15 is 0 Å². The van der Waals surface area contributed by atoms with E-state index in [0.717, 1.165) is 32.5 Å². The zero-order valence-corrected chi connectivity index (χ0v) is 13.7. The Hall–Kier alpha value is -0.120. The molecule has 118 valence electrons. The van der Waals surface area contributed by atoms with Gasteiger partial charge in [-0.3, -0.25) is 0 Å². The fourth-order valence-corrected chi connectivity index (χ4v) is 3.78. The SMILES string of the molecule is CC(C)NCC1(CN2CCC(C)(O)CC2)CCCCC1. The van der Waals surface area contributed by atoms with Crippen molar-refractivity contribution < 1.29 is 5.11 Å². The molecule has 3 heteroatoms. The molecule has 20 heavy (non-hydrogen) atoms. The first-order chi connectivity index (χ1) is 9.41. The lowest BCUT2D eigenvalue weighted by Gasteiger charge is -2.45. The molecule has 3 nitrogen and oxygen atoms in total. The van der Waals surface area contributed by atoms with Gasteiger partial charge in [-0.15, -0.1) is 0 Å². The molecule has 1 aliphatic carbocycles. The topological polar surface area (TPSA) is 35.5 Å². The van der Waals surface area contributed by atoms with Gasteiger partial charge in [-0.05, 0) is 38.0 Å². The second kappa shape index (κ2) is 6.76. The van der Waals surface area contributed by atoms with Crippen LogP contribution in [0.2, 0.25) is 0 Å². The molecule has 0 aromatic heterocycles. The summed E-state index contributed by atoms with van der Waals surface area (Å²) < 4.78 is 0. The molecule has 0 amide bonds. The highest BCUT2D eigenvalue weighted by molar-refractivity contribution is 4.91. The minimum absolute atomic E-state index is 0.424. The number of hydrogen-bond acceptors (Lipinski definition) is 3. The molecule has 0 unspecified atom stereocenters. The van der Waals surface area contributed by atoms with Crippen LogP contribution in [0.3, 0.4) is 0 Å². The summed E-state index contributed by atoms with van der Waals surface area (Å²) in [7, 11) is 0. The van der Waals surface area contributed by atoms with Gasteiger partial charge in [-0.2, -0.15) is 0 Å². The highest BCUT2D eigenvalue weighted by Crippen LogP contribution is 2.37. The lowest BCUT2D eigenvalue weighted by atomic mass is 9.73. The predicted molar refractivity (Wildman–Crippen MR) is 85.0 cm³/mol. The fraction of sp³-hybridized carbons (Fsp3) is 1.00. The van der Waals surface area contributed by atoms with E-state index in [-0.39, 0.29) is 0 Å². The van der Waals surface area contributed by atoms with Crippen LogP contribution in [-0.2, 0) is 0 Å². The van der Waals surface area contributed by atoms with Gasteiger partial charge in [-0.1, -0.05) is 33.1 Å². The highest BCUT2D eigenvalue weighted by Gasteiger charge is 2.36. The molecule has 0 atom stereocenters. The van der Waals surface area contributed by atoms with E-state index in [0.29, 0.717) is 11.5 Å². The lowest BCUT2D eigenvalue weighted by molar-refractivity contribution is -0.0201.